The van der Waals surface area contributed by atoms with Crippen LogP contribution in [-0.4, -0.2) is 32.9 Å². The maximum atomic E-state index is 11.9. The van der Waals surface area contributed by atoms with Gasteiger partial charge in [0.05, 0.1) is 6.54 Å². The maximum absolute atomic E-state index is 11.9. The monoisotopic (exact) mass is 322 g/mol. The number of rotatable bonds is 5. The molecule has 0 spiro atoms. The van der Waals surface area contributed by atoms with Crippen molar-refractivity contribution >= 4 is 26.0 Å². The van der Waals surface area contributed by atoms with Crippen molar-refractivity contribution < 1.29 is 12.8 Å². The summed E-state index contributed by atoms with van der Waals surface area (Å²) < 4.78 is 30.7. The van der Waals surface area contributed by atoms with E-state index in [9.17, 15) is 8.42 Å². The third-order valence-electron chi connectivity index (χ3n) is 2.61. The van der Waals surface area contributed by atoms with Gasteiger partial charge in [-0.1, -0.05) is 0 Å². The highest BCUT2D eigenvalue weighted by atomic mass is 79.9. The molecule has 1 heterocycles. The van der Waals surface area contributed by atoms with Gasteiger partial charge in [0, 0.05) is 26.2 Å². The summed E-state index contributed by atoms with van der Waals surface area (Å²) in [5, 5.41) is 3.27. The lowest BCUT2D eigenvalue weighted by atomic mass is 10.4. The summed E-state index contributed by atoms with van der Waals surface area (Å²) in [6, 6.07) is 2.13. The van der Waals surface area contributed by atoms with E-state index in [-0.39, 0.29) is 9.56 Å². The first kappa shape index (κ1) is 13.1. The average Bonchev–Trinajstić information content (AvgIpc) is 2.98. The van der Waals surface area contributed by atoms with Gasteiger partial charge in [0.2, 0.25) is 10.0 Å². The van der Waals surface area contributed by atoms with E-state index in [1.807, 2.05) is 0 Å². The first-order chi connectivity index (χ1) is 7.91. The average molecular weight is 323 g/mol. The van der Waals surface area contributed by atoms with Crippen molar-refractivity contribution in [3.05, 3.63) is 16.5 Å². The zero-order valence-corrected chi connectivity index (χ0v) is 12.1. The van der Waals surface area contributed by atoms with Gasteiger partial charge in [0.1, 0.15) is 10.7 Å². The van der Waals surface area contributed by atoms with Gasteiger partial charge in [0.15, 0.2) is 4.67 Å². The number of nitrogens with zero attached hydrogens (tertiary/aromatic N) is 1. The van der Waals surface area contributed by atoms with Crippen LogP contribution in [0.1, 0.15) is 18.6 Å². The highest BCUT2D eigenvalue weighted by Crippen LogP contribution is 2.28. The summed E-state index contributed by atoms with van der Waals surface area (Å²) in [6.45, 7) is 0.562. The minimum absolute atomic E-state index is 0.176. The van der Waals surface area contributed by atoms with Crippen LogP contribution in [0.2, 0.25) is 0 Å². The summed E-state index contributed by atoms with van der Waals surface area (Å²) >= 11 is 3.14. The highest BCUT2D eigenvalue weighted by Gasteiger charge is 2.26. The molecule has 17 heavy (non-hydrogen) atoms. The molecule has 0 atom stereocenters. The molecule has 0 amide bonds. The summed E-state index contributed by atoms with van der Waals surface area (Å²) in [6.07, 6.45) is 2.37. The van der Waals surface area contributed by atoms with Crippen LogP contribution in [0.5, 0.6) is 0 Å². The molecule has 0 aromatic carbocycles. The van der Waals surface area contributed by atoms with E-state index >= 15 is 0 Å². The van der Waals surface area contributed by atoms with Crippen LogP contribution >= 0.6 is 15.9 Å². The summed E-state index contributed by atoms with van der Waals surface area (Å²) in [7, 11) is -0.451. The fourth-order valence-corrected chi connectivity index (χ4v) is 3.24. The second-order valence-electron chi connectivity index (χ2n) is 4.29. The van der Waals surface area contributed by atoms with Gasteiger partial charge in [0.25, 0.3) is 0 Å². The van der Waals surface area contributed by atoms with Crippen LogP contribution in [0, 0.1) is 0 Å². The van der Waals surface area contributed by atoms with Gasteiger partial charge >= 0.3 is 0 Å². The smallest absolute Gasteiger partial charge is 0.246 e. The zero-order chi connectivity index (χ0) is 12.6. The Kier molecular flexibility index (Phi) is 3.63. The molecule has 0 radical (unpaired) electrons. The van der Waals surface area contributed by atoms with Crippen LogP contribution in [-0.2, 0) is 16.6 Å². The summed E-state index contributed by atoms with van der Waals surface area (Å²) in [5.74, 6) is 0.629. The van der Waals surface area contributed by atoms with Crippen molar-refractivity contribution in [2.75, 3.05) is 14.1 Å². The van der Waals surface area contributed by atoms with Crippen molar-refractivity contribution in [2.24, 2.45) is 0 Å². The van der Waals surface area contributed by atoms with E-state index in [1.165, 1.54) is 31.2 Å². The molecule has 0 saturated heterocycles. The van der Waals surface area contributed by atoms with E-state index in [2.05, 4.69) is 21.2 Å². The van der Waals surface area contributed by atoms with Crippen LogP contribution < -0.4 is 5.32 Å². The summed E-state index contributed by atoms with van der Waals surface area (Å²) in [5.41, 5.74) is 0. The van der Waals surface area contributed by atoms with Gasteiger partial charge in [-0.05, 0) is 28.8 Å². The third kappa shape index (κ3) is 2.90. The molecule has 1 fully saturated rings. The molecule has 0 unspecified atom stereocenters. The normalized spacial score (nSPS) is 16.7. The first-order valence-corrected chi connectivity index (χ1v) is 7.58. The van der Waals surface area contributed by atoms with Crippen molar-refractivity contribution in [3.63, 3.8) is 0 Å². The number of nitrogens with one attached hydrogen (secondary N) is 1. The van der Waals surface area contributed by atoms with E-state index in [1.54, 1.807) is 6.07 Å². The molecular weight excluding hydrogens is 308 g/mol. The minimum Gasteiger partial charge on any atom is -0.452 e. The highest BCUT2D eigenvalue weighted by molar-refractivity contribution is 9.10. The second kappa shape index (κ2) is 4.72. The van der Waals surface area contributed by atoms with Crippen molar-refractivity contribution in [1.82, 2.24) is 9.62 Å². The van der Waals surface area contributed by atoms with E-state index in [4.69, 9.17) is 4.42 Å². The van der Waals surface area contributed by atoms with Gasteiger partial charge in [-0.2, -0.15) is 0 Å². The van der Waals surface area contributed by atoms with Crippen molar-refractivity contribution in [3.8, 4) is 0 Å². The van der Waals surface area contributed by atoms with E-state index in [0.717, 1.165) is 0 Å². The summed E-state index contributed by atoms with van der Waals surface area (Å²) in [4.78, 5) is 0.176. The molecule has 5 nitrogen and oxygen atoms in total. The predicted octanol–water partition coefficient (Wildman–Crippen LogP) is 1.54. The van der Waals surface area contributed by atoms with Crippen LogP contribution in [0.15, 0.2) is 20.0 Å². The lowest BCUT2D eigenvalue weighted by Gasteiger charge is -2.08. The predicted molar refractivity (Wildman–Crippen MR) is 67.1 cm³/mol. The third-order valence-corrected chi connectivity index (χ3v) is 5.28. The van der Waals surface area contributed by atoms with Gasteiger partial charge in [-0.15, -0.1) is 0 Å². The molecule has 1 aromatic rings. The Balaban J connectivity index is 2.17. The van der Waals surface area contributed by atoms with Crippen LogP contribution in [0.3, 0.4) is 0 Å². The SMILES string of the molecule is CN(C)S(=O)(=O)c1cc(CNC2CC2)oc1Br. The molecule has 1 aliphatic carbocycles. The lowest BCUT2D eigenvalue weighted by Crippen LogP contribution is -2.22. The van der Waals surface area contributed by atoms with Crippen molar-refractivity contribution in [1.29, 1.82) is 0 Å². The number of hydrogen-bond acceptors (Lipinski definition) is 4. The Morgan fingerprint density at radius 1 is 1.53 bits per heavy atom. The molecule has 2 rings (SSSR count). The Morgan fingerprint density at radius 2 is 2.18 bits per heavy atom. The fraction of sp³-hybridized carbons (Fsp3) is 0.600. The Hall–Kier alpha value is -0.370. The molecule has 1 aromatic heterocycles. The number of sulfonamides is 1. The number of halogens is 1. The van der Waals surface area contributed by atoms with E-state index < -0.39 is 10.0 Å². The lowest BCUT2D eigenvalue weighted by molar-refractivity contribution is 0.458. The number of furan rings is 1. The Labute approximate surface area is 109 Å². The van der Waals surface area contributed by atoms with Crippen LogP contribution in [0.25, 0.3) is 0 Å². The zero-order valence-electron chi connectivity index (χ0n) is 9.73. The van der Waals surface area contributed by atoms with Crippen molar-refractivity contribution in [2.45, 2.75) is 30.3 Å². The molecule has 96 valence electrons. The molecule has 1 aliphatic rings. The molecule has 0 bridgehead atoms. The van der Waals surface area contributed by atoms with Crippen LogP contribution in [0.4, 0.5) is 0 Å². The molecule has 0 aliphatic heterocycles. The largest absolute Gasteiger partial charge is 0.452 e. The second-order valence-corrected chi connectivity index (χ2v) is 7.13. The fourth-order valence-electron chi connectivity index (χ4n) is 1.39. The quantitative estimate of drug-likeness (QED) is 0.893. The van der Waals surface area contributed by atoms with Gasteiger partial charge in [-0.25, -0.2) is 12.7 Å². The van der Waals surface area contributed by atoms with E-state index in [0.29, 0.717) is 18.3 Å². The number of hydrogen-bond donors (Lipinski definition) is 1. The Morgan fingerprint density at radius 3 is 2.71 bits per heavy atom. The molecule has 7 heteroatoms. The Bertz CT molecular complexity index is 506. The van der Waals surface area contributed by atoms with Gasteiger partial charge in [-0.3, -0.25) is 0 Å². The minimum atomic E-state index is -3.44. The first-order valence-electron chi connectivity index (χ1n) is 5.35. The topological polar surface area (TPSA) is 62.6 Å². The standard InChI is InChI=1S/C10H15BrN2O3S/c1-13(2)17(14,15)9-5-8(16-10(9)11)6-12-7-3-4-7/h5,7,12H,3-4,6H2,1-2H3. The van der Waals surface area contributed by atoms with Gasteiger partial charge < -0.3 is 9.73 Å². The molecule has 1 N–H and O–H groups in total. The molecular formula is C10H15BrN2O3S. The molecule has 1 saturated carbocycles. The maximum Gasteiger partial charge on any atom is 0.246 e.